The molecule has 1 aliphatic carbocycles. The number of nitrogens with zero attached hydrogens (tertiary/aromatic N) is 1. The van der Waals surface area contributed by atoms with E-state index in [4.69, 9.17) is 4.74 Å². The van der Waals surface area contributed by atoms with Crippen molar-refractivity contribution in [2.45, 2.75) is 30.6 Å². The maximum absolute atomic E-state index is 12.6. The lowest BCUT2D eigenvalue weighted by atomic mass is 9.87. The topological polar surface area (TPSA) is 95.9 Å². The lowest BCUT2D eigenvalue weighted by Gasteiger charge is -2.27. The van der Waals surface area contributed by atoms with E-state index in [0.717, 1.165) is 25.7 Å². The molecular weight excluding hydrogens is 356 g/mol. The number of carbonyl (C=O) groups excluding carboxylic acids is 1. The zero-order valence-corrected chi connectivity index (χ0v) is 15.6. The van der Waals surface area contributed by atoms with E-state index in [1.54, 1.807) is 0 Å². The van der Waals surface area contributed by atoms with Gasteiger partial charge in [-0.25, -0.2) is 8.42 Å². The number of rotatable bonds is 6. The molecule has 2 fully saturated rings. The van der Waals surface area contributed by atoms with Gasteiger partial charge in [-0.15, -0.1) is 0 Å². The van der Waals surface area contributed by atoms with Gasteiger partial charge in [-0.05, 0) is 37.1 Å². The Kier molecular flexibility index (Phi) is 5.96. The van der Waals surface area contributed by atoms with Crippen molar-refractivity contribution in [2.75, 3.05) is 39.5 Å². The van der Waals surface area contributed by atoms with Crippen LogP contribution in [0.5, 0.6) is 0 Å². The molecule has 0 aromatic heterocycles. The summed E-state index contributed by atoms with van der Waals surface area (Å²) in [7, 11) is -3.56. The molecule has 144 valence electrons. The van der Waals surface area contributed by atoms with Crippen LogP contribution in [0.1, 0.15) is 36.0 Å². The molecule has 1 heterocycles. The molecule has 0 bridgehead atoms. The Hall–Kier alpha value is -1.48. The Morgan fingerprint density at radius 3 is 2.35 bits per heavy atom. The van der Waals surface area contributed by atoms with E-state index in [2.05, 4.69) is 5.32 Å². The molecule has 1 aliphatic heterocycles. The molecule has 0 unspecified atom stereocenters. The van der Waals surface area contributed by atoms with Gasteiger partial charge in [0.15, 0.2) is 0 Å². The number of amides is 1. The van der Waals surface area contributed by atoms with Crippen LogP contribution in [0.25, 0.3) is 0 Å². The number of morpholine rings is 1. The summed E-state index contributed by atoms with van der Waals surface area (Å²) in [6.07, 6.45) is 3.98. The molecule has 0 radical (unpaired) electrons. The van der Waals surface area contributed by atoms with Crippen molar-refractivity contribution < 1.29 is 23.1 Å². The maximum Gasteiger partial charge on any atom is 0.251 e. The third-order valence-electron chi connectivity index (χ3n) is 5.35. The summed E-state index contributed by atoms with van der Waals surface area (Å²) in [5.41, 5.74) is 0.201. The summed E-state index contributed by atoms with van der Waals surface area (Å²) >= 11 is 0. The first-order valence-corrected chi connectivity index (χ1v) is 10.5. The van der Waals surface area contributed by atoms with Crippen molar-refractivity contribution in [1.82, 2.24) is 9.62 Å². The Morgan fingerprint density at radius 1 is 1.15 bits per heavy atom. The van der Waals surface area contributed by atoms with Crippen LogP contribution in [-0.4, -0.2) is 63.2 Å². The first kappa shape index (κ1) is 19.3. The molecule has 1 amide bonds. The second-order valence-electron chi connectivity index (χ2n) is 7.09. The lowest BCUT2D eigenvalue weighted by molar-refractivity contribution is 0.0730. The maximum atomic E-state index is 12.6. The normalized spacial score (nSPS) is 20.8. The second kappa shape index (κ2) is 8.04. The van der Waals surface area contributed by atoms with Crippen LogP contribution in [0.2, 0.25) is 0 Å². The molecule has 3 rings (SSSR count). The van der Waals surface area contributed by atoms with Crippen LogP contribution in [0.3, 0.4) is 0 Å². The zero-order chi connectivity index (χ0) is 18.6. The minimum atomic E-state index is -3.56. The molecule has 0 atom stereocenters. The zero-order valence-electron chi connectivity index (χ0n) is 14.8. The summed E-state index contributed by atoms with van der Waals surface area (Å²) in [6.45, 7) is 1.99. The van der Waals surface area contributed by atoms with Gasteiger partial charge in [0.25, 0.3) is 5.91 Å². The average molecular weight is 382 g/mol. The van der Waals surface area contributed by atoms with Gasteiger partial charge in [-0.3, -0.25) is 4.79 Å². The quantitative estimate of drug-likeness (QED) is 0.765. The van der Waals surface area contributed by atoms with Crippen LogP contribution in [-0.2, 0) is 14.8 Å². The number of nitrogens with one attached hydrogen (secondary N) is 1. The smallest absolute Gasteiger partial charge is 0.251 e. The molecule has 26 heavy (non-hydrogen) atoms. The van der Waals surface area contributed by atoms with Gasteiger partial charge in [0.2, 0.25) is 10.0 Å². The molecule has 8 heteroatoms. The van der Waals surface area contributed by atoms with E-state index in [0.29, 0.717) is 38.4 Å². The summed E-state index contributed by atoms with van der Waals surface area (Å²) in [5, 5.41) is 12.5. The summed E-state index contributed by atoms with van der Waals surface area (Å²) in [5.74, 6) is -0.250. The summed E-state index contributed by atoms with van der Waals surface area (Å²) in [4.78, 5) is 12.5. The van der Waals surface area contributed by atoms with Crippen LogP contribution < -0.4 is 5.32 Å². The fourth-order valence-electron chi connectivity index (χ4n) is 3.60. The summed E-state index contributed by atoms with van der Waals surface area (Å²) in [6, 6.07) is 6.00. The molecule has 1 aromatic rings. The van der Waals surface area contributed by atoms with E-state index in [-0.39, 0.29) is 22.8 Å². The molecule has 0 spiro atoms. The van der Waals surface area contributed by atoms with Gasteiger partial charge < -0.3 is 15.2 Å². The largest absolute Gasteiger partial charge is 0.396 e. The molecular formula is C18H26N2O5S. The van der Waals surface area contributed by atoms with Crippen molar-refractivity contribution in [3.63, 3.8) is 0 Å². The predicted octanol–water partition coefficient (Wildman–Crippen LogP) is 0.990. The Bertz CT molecular complexity index is 720. The van der Waals surface area contributed by atoms with Crippen molar-refractivity contribution in [2.24, 2.45) is 5.41 Å². The standard InChI is InChI=1S/C18H26N2O5S/c21-14-18(7-1-2-8-18)13-19-17(22)15-3-5-16(6-4-15)26(23,24)20-9-11-25-12-10-20/h3-6,21H,1-2,7-14H2,(H,19,22). The van der Waals surface area contributed by atoms with Crippen molar-refractivity contribution in [1.29, 1.82) is 0 Å². The number of benzene rings is 1. The van der Waals surface area contributed by atoms with Crippen LogP contribution in [0.15, 0.2) is 29.2 Å². The van der Waals surface area contributed by atoms with E-state index in [1.807, 2.05) is 0 Å². The summed E-state index contributed by atoms with van der Waals surface area (Å²) < 4.78 is 31.8. The Morgan fingerprint density at radius 2 is 1.77 bits per heavy atom. The van der Waals surface area contributed by atoms with Gasteiger partial charge in [0, 0.05) is 30.6 Å². The highest BCUT2D eigenvalue weighted by molar-refractivity contribution is 7.89. The molecule has 2 aliphatic rings. The minimum absolute atomic E-state index is 0.0734. The van der Waals surface area contributed by atoms with E-state index < -0.39 is 10.0 Å². The first-order chi connectivity index (χ1) is 12.5. The molecule has 1 saturated heterocycles. The van der Waals surface area contributed by atoms with Gasteiger partial charge >= 0.3 is 0 Å². The fourth-order valence-corrected chi connectivity index (χ4v) is 5.01. The SMILES string of the molecule is O=C(NCC1(CO)CCCC1)c1ccc(S(=O)(=O)N2CCOCC2)cc1. The first-order valence-electron chi connectivity index (χ1n) is 9.04. The third kappa shape index (κ3) is 4.09. The Balaban J connectivity index is 1.64. The van der Waals surface area contributed by atoms with Crippen molar-refractivity contribution in [3.05, 3.63) is 29.8 Å². The number of aliphatic hydroxyl groups is 1. The van der Waals surface area contributed by atoms with Crippen LogP contribution in [0, 0.1) is 5.41 Å². The monoisotopic (exact) mass is 382 g/mol. The predicted molar refractivity (Wildman–Crippen MR) is 96.3 cm³/mol. The van der Waals surface area contributed by atoms with Crippen LogP contribution in [0.4, 0.5) is 0 Å². The number of hydrogen-bond donors (Lipinski definition) is 2. The van der Waals surface area contributed by atoms with Gasteiger partial charge in [-0.1, -0.05) is 12.8 Å². The third-order valence-corrected chi connectivity index (χ3v) is 7.26. The highest BCUT2D eigenvalue weighted by atomic mass is 32.2. The number of ether oxygens (including phenoxy) is 1. The molecule has 1 saturated carbocycles. The molecule has 1 aromatic carbocycles. The number of sulfonamides is 1. The van der Waals surface area contributed by atoms with E-state index in [9.17, 15) is 18.3 Å². The number of carbonyl (C=O) groups is 1. The number of hydrogen-bond acceptors (Lipinski definition) is 5. The highest BCUT2D eigenvalue weighted by Gasteiger charge is 2.33. The minimum Gasteiger partial charge on any atom is -0.396 e. The Labute approximate surface area is 154 Å². The van der Waals surface area contributed by atoms with E-state index >= 15 is 0 Å². The fraction of sp³-hybridized carbons (Fsp3) is 0.611. The molecule has 2 N–H and O–H groups in total. The van der Waals surface area contributed by atoms with E-state index in [1.165, 1.54) is 28.6 Å². The lowest BCUT2D eigenvalue weighted by Crippen LogP contribution is -2.40. The average Bonchev–Trinajstić information content (AvgIpc) is 3.16. The van der Waals surface area contributed by atoms with Gasteiger partial charge in [0.1, 0.15) is 0 Å². The van der Waals surface area contributed by atoms with Crippen molar-refractivity contribution in [3.8, 4) is 0 Å². The highest BCUT2D eigenvalue weighted by Crippen LogP contribution is 2.36. The van der Waals surface area contributed by atoms with Gasteiger partial charge in [-0.2, -0.15) is 4.31 Å². The molecule has 7 nitrogen and oxygen atoms in total. The van der Waals surface area contributed by atoms with Gasteiger partial charge in [0.05, 0.1) is 24.7 Å². The second-order valence-corrected chi connectivity index (χ2v) is 9.03. The van der Waals surface area contributed by atoms with Crippen molar-refractivity contribution >= 4 is 15.9 Å². The van der Waals surface area contributed by atoms with Crippen LogP contribution >= 0.6 is 0 Å². The number of aliphatic hydroxyl groups excluding tert-OH is 1.